The molecule has 7 heteroatoms. The van der Waals surface area contributed by atoms with Gasteiger partial charge in [-0.05, 0) is 56.5 Å². The van der Waals surface area contributed by atoms with Crippen LogP contribution in [0.15, 0.2) is 30.3 Å². The summed E-state index contributed by atoms with van der Waals surface area (Å²) in [7, 11) is 0. The maximum absolute atomic E-state index is 12.1. The largest absolute Gasteiger partial charge is 0.573 e. The van der Waals surface area contributed by atoms with Crippen LogP contribution >= 0.6 is 0 Å². The van der Waals surface area contributed by atoms with Crippen molar-refractivity contribution in [3.05, 3.63) is 41.7 Å². The van der Waals surface area contributed by atoms with E-state index in [4.69, 9.17) is 0 Å². The predicted octanol–water partition coefficient (Wildman–Crippen LogP) is 3.45. The molecule has 0 saturated heterocycles. The lowest BCUT2D eigenvalue weighted by Crippen LogP contribution is -2.34. The summed E-state index contributed by atoms with van der Waals surface area (Å²) in [5.74, 6) is -0.279. The van der Waals surface area contributed by atoms with Crippen molar-refractivity contribution in [2.75, 3.05) is 0 Å². The van der Waals surface area contributed by atoms with Crippen LogP contribution in [0.25, 0.3) is 5.69 Å². The van der Waals surface area contributed by atoms with Crippen molar-refractivity contribution >= 4 is 0 Å². The Labute approximate surface area is 125 Å². The van der Waals surface area contributed by atoms with Gasteiger partial charge in [-0.2, -0.15) is 5.10 Å². The van der Waals surface area contributed by atoms with Crippen LogP contribution in [0.1, 0.15) is 30.7 Å². The van der Waals surface area contributed by atoms with E-state index in [0.29, 0.717) is 24.2 Å². The zero-order valence-corrected chi connectivity index (χ0v) is 11.9. The molecule has 1 aromatic heterocycles. The monoisotopic (exact) mass is 312 g/mol. The van der Waals surface area contributed by atoms with Crippen molar-refractivity contribution in [2.24, 2.45) is 0 Å². The van der Waals surface area contributed by atoms with Crippen LogP contribution in [-0.4, -0.2) is 21.2 Å². The van der Waals surface area contributed by atoms with Gasteiger partial charge in [-0.15, -0.1) is 13.2 Å². The number of halogens is 3. The topological polar surface area (TPSA) is 47.3 Å². The van der Waals surface area contributed by atoms with Crippen molar-refractivity contribution in [1.29, 1.82) is 0 Å². The summed E-state index contributed by atoms with van der Waals surface area (Å²) in [6.07, 6.45) is -2.38. The van der Waals surface area contributed by atoms with Gasteiger partial charge in [0.15, 0.2) is 0 Å². The van der Waals surface area contributed by atoms with Gasteiger partial charge in [-0.25, -0.2) is 4.68 Å². The number of rotatable bonds is 3. The minimum absolute atomic E-state index is 0.279. The molecule has 3 rings (SSSR count). The van der Waals surface area contributed by atoms with E-state index in [9.17, 15) is 18.3 Å². The van der Waals surface area contributed by atoms with Crippen molar-refractivity contribution < 1.29 is 23.0 Å². The Morgan fingerprint density at radius 2 is 1.86 bits per heavy atom. The normalized spacial score (nSPS) is 17.1. The second kappa shape index (κ2) is 5.01. The van der Waals surface area contributed by atoms with Gasteiger partial charge in [0, 0.05) is 5.69 Å². The molecule has 1 fully saturated rings. The molecule has 1 N–H and O–H groups in total. The van der Waals surface area contributed by atoms with Gasteiger partial charge >= 0.3 is 6.36 Å². The van der Waals surface area contributed by atoms with Gasteiger partial charge in [-0.3, -0.25) is 0 Å². The fourth-order valence-corrected chi connectivity index (χ4v) is 2.52. The molecule has 2 aromatic rings. The average molecular weight is 312 g/mol. The number of ether oxygens (including phenoxy) is 1. The lowest BCUT2D eigenvalue weighted by Gasteiger charge is -2.34. The molecule has 1 aliphatic carbocycles. The SMILES string of the molecule is Cc1cc(C2(O)CCC2)nn1-c1ccc(OC(F)(F)F)cc1. The van der Waals surface area contributed by atoms with E-state index in [1.807, 2.05) is 6.92 Å². The van der Waals surface area contributed by atoms with E-state index in [2.05, 4.69) is 9.84 Å². The van der Waals surface area contributed by atoms with Crippen molar-refractivity contribution in [3.63, 3.8) is 0 Å². The first-order valence-corrected chi connectivity index (χ1v) is 6.93. The Morgan fingerprint density at radius 3 is 2.36 bits per heavy atom. The third-order valence-corrected chi connectivity index (χ3v) is 3.86. The van der Waals surface area contributed by atoms with E-state index in [1.165, 1.54) is 24.3 Å². The molecule has 1 heterocycles. The van der Waals surface area contributed by atoms with Crippen molar-refractivity contribution in [1.82, 2.24) is 9.78 Å². The molecule has 0 bridgehead atoms. The summed E-state index contributed by atoms with van der Waals surface area (Å²) >= 11 is 0. The first-order valence-electron chi connectivity index (χ1n) is 6.93. The Morgan fingerprint density at radius 1 is 1.23 bits per heavy atom. The molecule has 0 atom stereocenters. The lowest BCUT2D eigenvalue weighted by molar-refractivity contribution is -0.274. The summed E-state index contributed by atoms with van der Waals surface area (Å²) in [5.41, 5.74) is 1.16. The number of aromatic nitrogens is 2. The minimum atomic E-state index is -4.70. The molecule has 1 saturated carbocycles. The molecule has 0 unspecified atom stereocenters. The highest BCUT2D eigenvalue weighted by atomic mass is 19.4. The third-order valence-electron chi connectivity index (χ3n) is 3.86. The van der Waals surface area contributed by atoms with Crippen molar-refractivity contribution in [3.8, 4) is 11.4 Å². The molecule has 1 aromatic carbocycles. The van der Waals surface area contributed by atoms with Gasteiger partial charge in [0.25, 0.3) is 0 Å². The quantitative estimate of drug-likeness (QED) is 0.944. The zero-order chi connectivity index (χ0) is 16.0. The van der Waals surface area contributed by atoms with Crippen LogP contribution in [-0.2, 0) is 5.60 Å². The van der Waals surface area contributed by atoms with Crippen LogP contribution < -0.4 is 4.74 Å². The maximum atomic E-state index is 12.1. The fourth-order valence-electron chi connectivity index (χ4n) is 2.52. The molecule has 0 spiro atoms. The number of alkyl halides is 3. The van der Waals surface area contributed by atoms with Crippen LogP contribution in [0.2, 0.25) is 0 Å². The Hall–Kier alpha value is -2.02. The van der Waals surface area contributed by atoms with Gasteiger partial charge in [-0.1, -0.05) is 0 Å². The van der Waals surface area contributed by atoms with Crippen LogP contribution in [0, 0.1) is 6.92 Å². The van der Waals surface area contributed by atoms with Gasteiger partial charge in [0.2, 0.25) is 0 Å². The fraction of sp³-hybridized carbons (Fsp3) is 0.400. The van der Waals surface area contributed by atoms with Gasteiger partial charge < -0.3 is 9.84 Å². The molecule has 1 aliphatic rings. The average Bonchev–Trinajstić information content (AvgIpc) is 2.77. The molecular formula is C15H15F3N2O2. The second-order valence-electron chi connectivity index (χ2n) is 5.51. The summed E-state index contributed by atoms with van der Waals surface area (Å²) in [4.78, 5) is 0. The highest BCUT2D eigenvalue weighted by Crippen LogP contribution is 2.40. The zero-order valence-electron chi connectivity index (χ0n) is 11.9. The van der Waals surface area contributed by atoms with Gasteiger partial charge in [0.05, 0.1) is 11.4 Å². The molecule has 0 radical (unpaired) electrons. The summed E-state index contributed by atoms with van der Waals surface area (Å²) in [5, 5.41) is 14.7. The standard InChI is InChI=1S/C15H15F3N2O2/c1-10-9-13(14(21)7-2-8-14)19-20(10)11-3-5-12(6-4-11)22-15(16,17)18/h3-6,9,21H,2,7-8H2,1H3. The predicted molar refractivity (Wildman–Crippen MR) is 72.7 cm³/mol. The molecule has 0 amide bonds. The third kappa shape index (κ3) is 2.81. The lowest BCUT2D eigenvalue weighted by atomic mass is 9.78. The van der Waals surface area contributed by atoms with Crippen LogP contribution in [0.4, 0.5) is 13.2 Å². The van der Waals surface area contributed by atoms with E-state index in [0.717, 1.165) is 12.1 Å². The molecule has 4 nitrogen and oxygen atoms in total. The molecule has 0 aliphatic heterocycles. The van der Waals surface area contributed by atoms with E-state index >= 15 is 0 Å². The van der Waals surface area contributed by atoms with E-state index < -0.39 is 12.0 Å². The Kier molecular flexibility index (Phi) is 3.40. The smallest absolute Gasteiger partial charge is 0.406 e. The first kappa shape index (κ1) is 14.9. The number of hydrogen-bond acceptors (Lipinski definition) is 3. The Bertz CT molecular complexity index is 673. The number of hydrogen-bond donors (Lipinski definition) is 1. The number of aryl methyl sites for hydroxylation is 1. The van der Waals surface area contributed by atoms with Gasteiger partial charge in [0.1, 0.15) is 11.4 Å². The minimum Gasteiger partial charge on any atom is -0.406 e. The molecule has 22 heavy (non-hydrogen) atoms. The van der Waals surface area contributed by atoms with Crippen molar-refractivity contribution in [2.45, 2.75) is 38.1 Å². The Balaban J connectivity index is 1.85. The van der Waals surface area contributed by atoms with E-state index in [1.54, 1.807) is 10.7 Å². The second-order valence-corrected chi connectivity index (χ2v) is 5.51. The maximum Gasteiger partial charge on any atom is 0.573 e. The number of benzene rings is 1. The molecular weight excluding hydrogens is 297 g/mol. The van der Waals surface area contributed by atoms with E-state index in [-0.39, 0.29) is 5.75 Å². The summed E-state index contributed by atoms with van der Waals surface area (Å²) in [6.45, 7) is 1.83. The number of aliphatic hydroxyl groups is 1. The molecule has 118 valence electrons. The van der Waals surface area contributed by atoms with Crippen LogP contribution in [0.5, 0.6) is 5.75 Å². The summed E-state index contributed by atoms with van der Waals surface area (Å²) < 4.78 is 41.9. The first-order chi connectivity index (χ1) is 10.3. The van der Waals surface area contributed by atoms with Crippen LogP contribution in [0.3, 0.4) is 0 Å². The highest BCUT2D eigenvalue weighted by Gasteiger charge is 2.38. The highest BCUT2D eigenvalue weighted by molar-refractivity contribution is 5.39. The summed E-state index contributed by atoms with van der Waals surface area (Å²) in [6, 6.07) is 7.27. The number of nitrogens with zero attached hydrogens (tertiary/aromatic N) is 2.